The zero-order chi connectivity index (χ0) is 13.9. The second-order valence-electron chi connectivity index (χ2n) is 2.46. The van der Waals surface area contributed by atoms with Crippen LogP contribution in [0, 0.1) is 0 Å². The predicted octanol–water partition coefficient (Wildman–Crippen LogP) is -1.68. The lowest BCUT2D eigenvalue weighted by Crippen LogP contribution is -2.15. The van der Waals surface area contributed by atoms with Crippen molar-refractivity contribution in [2.75, 3.05) is 46.2 Å². The highest BCUT2D eigenvalue weighted by atomic mass is 16.6. The van der Waals surface area contributed by atoms with Gasteiger partial charge in [-0.2, -0.15) is 0 Å². The standard InChI is InChI=1S/C4H10O3.C4H10O2.C2H6O2/c1-2-7-4(6)3-5;1-2-6-4-3-5;3-1-2-4/h4-6H,2-3H2,1H3;5H,2-4H2,1H3;3-4H,1-2H2. The summed E-state index contributed by atoms with van der Waals surface area (Å²) in [7, 11) is 0. The highest BCUT2D eigenvalue weighted by Gasteiger charge is 1.95. The molecule has 0 saturated heterocycles. The van der Waals surface area contributed by atoms with Crippen molar-refractivity contribution in [1.29, 1.82) is 0 Å². The summed E-state index contributed by atoms with van der Waals surface area (Å²) in [6, 6.07) is 0. The minimum absolute atomic E-state index is 0.125. The summed E-state index contributed by atoms with van der Waals surface area (Å²) < 4.78 is 9.23. The normalized spacial score (nSPS) is 10.8. The Hall–Kier alpha value is -0.280. The molecule has 1 atom stereocenters. The summed E-state index contributed by atoms with van der Waals surface area (Å²) in [6.07, 6.45) is -0.995. The minimum Gasteiger partial charge on any atom is -0.394 e. The first-order valence-corrected chi connectivity index (χ1v) is 5.45. The number of aliphatic hydroxyl groups excluding tert-OH is 5. The van der Waals surface area contributed by atoms with E-state index in [2.05, 4.69) is 4.74 Å². The Balaban J connectivity index is -0.000000180. The van der Waals surface area contributed by atoms with Gasteiger partial charge in [0.2, 0.25) is 0 Å². The second-order valence-corrected chi connectivity index (χ2v) is 2.46. The Morgan fingerprint density at radius 2 is 1.41 bits per heavy atom. The van der Waals surface area contributed by atoms with E-state index >= 15 is 0 Å². The van der Waals surface area contributed by atoms with Crippen molar-refractivity contribution in [3.63, 3.8) is 0 Å². The van der Waals surface area contributed by atoms with Gasteiger partial charge < -0.3 is 35.0 Å². The van der Waals surface area contributed by atoms with Crippen LogP contribution in [0.1, 0.15) is 13.8 Å². The van der Waals surface area contributed by atoms with Crippen molar-refractivity contribution >= 4 is 0 Å². The van der Waals surface area contributed by atoms with Crippen molar-refractivity contribution in [3.05, 3.63) is 0 Å². The molecule has 0 amide bonds. The van der Waals surface area contributed by atoms with Crippen LogP contribution in [0.2, 0.25) is 0 Å². The van der Waals surface area contributed by atoms with Gasteiger partial charge in [-0.25, -0.2) is 0 Å². The quantitative estimate of drug-likeness (QED) is 0.273. The molecule has 5 N–H and O–H groups in total. The number of hydrogen-bond donors (Lipinski definition) is 5. The van der Waals surface area contributed by atoms with Crippen LogP contribution in [0.5, 0.6) is 0 Å². The lowest BCUT2D eigenvalue weighted by molar-refractivity contribution is -0.120. The molecule has 1 unspecified atom stereocenters. The van der Waals surface area contributed by atoms with Crippen molar-refractivity contribution in [2.45, 2.75) is 20.1 Å². The van der Waals surface area contributed by atoms with E-state index in [9.17, 15) is 0 Å². The third kappa shape index (κ3) is 38.9. The molecule has 0 aliphatic carbocycles. The average Bonchev–Trinajstić information content (AvgIpc) is 2.37. The molecule has 0 aromatic heterocycles. The van der Waals surface area contributed by atoms with Gasteiger partial charge >= 0.3 is 0 Å². The summed E-state index contributed by atoms with van der Waals surface area (Å²) in [5.74, 6) is 0. The highest BCUT2D eigenvalue weighted by molar-refractivity contribution is 4.29. The maximum atomic E-state index is 8.39. The molecule has 17 heavy (non-hydrogen) atoms. The Labute approximate surface area is 102 Å². The Bertz CT molecular complexity index is 96.7. The van der Waals surface area contributed by atoms with Gasteiger partial charge in [-0.3, -0.25) is 0 Å². The number of hydrogen-bond acceptors (Lipinski definition) is 7. The average molecular weight is 258 g/mol. The summed E-state index contributed by atoms with van der Waals surface area (Å²) in [5, 5.41) is 39.8. The van der Waals surface area contributed by atoms with Gasteiger partial charge in [0.15, 0.2) is 6.29 Å². The minimum atomic E-state index is -0.995. The number of rotatable bonds is 7. The molecular formula is C10H26O7. The monoisotopic (exact) mass is 258 g/mol. The van der Waals surface area contributed by atoms with Crippen LogP contribution in [0.15, 0.2) is 0 Å². The van der Waals surface area contributed by atoms with Crippen LogP contribution in [0.25, 0.3) is 0 Å². The molecular weight excluding hydrogens is 232 g/mol. The van der Waals surface area contributed by atoms with Crippen molar-refractivity contribution in [2.24, 2.45) is 0 Å². The van der Waals surface area contributed by atoms with Crippen molar-refractivity contribution in [1.82, 2.24) is 0 Å². The lowest BCUT2D eigenvalue weighted by Gasteiger charge is -2.03. The van der Waals surface area contributed by atoms with Gasteiger partial charge in [0.05, 0.1) is 33.0 Å². The summed E-state index contributed by atoms with van der Waals surface area (Å²) in [5.41, 5.74) is 0. The van der Waals surface area contributed by atoms with E-state index in [-0.39, 0.29) is 26.4 Å². The molecule has 0 radical (unpaired) electrons. The van der Waals surface area contributed by atoms with Gasteiger partial charge in [0.1, 0.15) is 0 Å². The Kier molecular flexibility index (Phi) is 32.0. The first-order valence-electron chi connectivity index (χ1n) is 5.45. The fourth-order valence-electron chi connectivity index (χ4n) is 0.454. The van der Waals surface area contributed by atoms with E-state index < -0.39 is 6.29 Å². The summed E-state index contributed by atoms with van der Waals surface area (Å²) in [6.45, 7) is 4.80. The zero-order valence-corrected chi connectivity index (χ0v) is 10.6. The van der Waals surface area contributed by atoms with Gasteiger partial charge in [-0.15, -0.1) is 0 Å². The summed E-state index contributed by atoms with van der Waals surface area (Å²) >= 11 is 0. The zero-order valence-electron chi connectivity index (χ0n) is 10.6. The highest BCUT2D eigenvalue weighted by Crippen LogP contribution is 1.80. The van der Waals surface area contributed by atoms with Crippen LogP contribution in [-0.4, -0.2) is 78.1 Å². The molecule has 0 heterocycles. The molecule has 7 heteroatoms. The molecule has 0 aliphatic rings. The molecule has 0 aromatic carbocycles. The van der Waals surface area contributed by atoms with E-state index in [4.69, 9.17) is 30.3 Å². The third-order valence-electron chi connectivity index (χ3n) is 1.05. The third-order valence-corrected chi connectivity index (χ3v) is 1.05. The van der Waals surface area contributed by atoms with Gasteiger partial charge in [0.25, 0.3) is 0 Å². The SMILES string of the molecule is CCOC(O)CO.CCOCCO.OCCO. The van der Waals surface area contributed by atoms with Crippen LogP contribution in [-0.2, 0) is 9.47 Å². The van der Waals surface area contributed by atoms with E-state index in [1.807, 2.05) is 6.92 Å². The van der Waals surface area contributed by atoms with Gasteiger partial charge in [0, 0.05) is 13.2 Å². The molecule has 0 rings (SSSR count). The molecule has 0 saturated carbocycles. The molecule has 0 aliphatic heterocycles. The van der Waals surface area contributed by atoms with Crippen LogP contribution in [0.3, 0.4) is 0 Å². The largest absolute Gasteiger partial charge is 0.394 e. The molecule has 0 bridgehead atoms. The maximum absolute atomic E-state index is 8.39. The molecule has 0 spiro atoms. The second kappa shape index (κ2) is 24.8. The van der Waals surface area contributed by atoms with Gasteiger partial charge in [-0.05, 0) is 13.8 Å². The Morgan fingerprint density at radius 3 is 1.53 bits per heavy atom. The van der Waals surface area contributed by atoms with Gasteiger partial charge in [-0.1, -0.05) is 0 Å². The maximum Gasteiger partial charge on any atom is 0.177 e. The van der Waals surface area contributed by atoms with Crippen molar-refractivity contribution in [3.8, 4) is 0 Å². The molecule has 0 fully saturated rings. The lowest BCUT2D eigenvalue weighted by atomic mass is 10.7. The van der Waals surface area contributed by atoms with E-state index in [1.165, 1.54) is 0 Å². The van der Waals surface area contributed by atoms with Crippen LogP contribution >= 0.6 is 0 Å². The molecule has 7 nitrogen and oxygen atoms in total. The van der Waals surface area contributed by atoms with Crippen LogP contribution in [0.4, 0.5) is 0 Å². The van der Waals surface area contributed by atoms with Crippen LogP contribution < -0.4 is 0 Å². The Morgan fingerprint density at radius 1 is 0.882 bits per heavy atom. The smallest absolute Gasteiger partial charge is 0.177 e. The number of aliphatic hydroxyl groups is 5. The van der Waals surface area contributed by atoms with E-state index in [1.54, 1.807) is 6.92 Å². The van der Waals surface area contributed by atoms with E-state index in [0.29, 0.717) is 19.8 Å². The predicted molar refractivity (Wildman–Crippen MR) is 62.5 cm³/mol. The van der Waals surface area contributed by atoms with E-state index in [0.717, 1.165) is 0 Å². The number of ether oxygens (including phenoxy) is 2. The summed E-state index contributed by atoms with van der Waals surface area (Å²) in [4.78, 5) is 0. The fourth-order valence-corrected chi connectivity index (χ4v) is 0.454. The topological polar surface area (TPSA) is 120 Å². The fraction of sp³-hybridized carbons (Fsp3) is 1.00. The molecule has 108 valence electrons. The first kappa shape index (κ1) is 21.9. The van der Waals surface area contributed by atoms with Crippen molar-refractivity contribution < 1.29 is 35.0 Å². The molecule has 0 aromatic rings. The first-order chi connectivity index (χ1) is 8.14.